The Bertz CT molecular complexity index is 316. The van der Waals surface area contributed by atoms with Gasteiger partial charge in [-0.15, -0.1) is 0 Å². The molecule has 0 aliphatic heterocycles. The van der Waals surface area contributed by atoms with E-state index in [0.29, 0.717) is 0 Å². The zero-order valence-corrected chi connectivity index (χ0v) is 10.5. The summed E-state index contributed by atoms with van der Waals surface area (Å²) in [5.74, 6) is 0.721. The zero-order chi connectivity index (χ0) is 9.97. The van der Waals surface area contributed by atoms with Gasteiger partial charge in [0.15, 0.2) is 0 Å². The lowest BCUT2D eigenvalue weighted by molar-refractivity contribution is 0.444. The van der Waals surface area contributed by atoms with Gasteiger partial charge in [-0.1, -0.05) is 19.3 Å². The van der Waals surface area contributed by atoms with E-state index in [1.54, 1.807) is 0 Å². The zero-order valence-electron chi connectivity index (χ0n) is 8.30. The highest BCUT2D eigenvalue weighted by Crippen LogP contribution is 2.35. The lowest BCUT2D eigenvalue weighted by atomic mass is 9.83. The first-order valence-corrected chi connectivity index (χ1v) is 6.40. The molecule has 0 bridgehead atoms. The fraction of sp³-hybridized carbons (Fsp3) is 0.500. The number of nitrogens with two attached hydrogens (primary N) is 1. The van der Waals surface area contributed by atoms with Gasteiger partial charge in [0, 0.05) is 9.26 Å². The third-order valence-electron chi connectivity index (χ3n) is 3.09. The normalized spacial score (nSPS) is 18.4. The van der Waals surface area contributed by atoms with Gasteiger partial charge in [-0.05, 0) is 65.1 Å². The van der Waals surface area contributed by atoms with Crippen molar-refractivity contribution in [3.05, 3.63) is 27.3 Å². The van der Waals surface area contributed by atoms with E-state index in [4.69, 9.17) is 5.73 Å². The average molecular weight is 301 g/mol. The van der Waals surface area contributed by atoms with Crippen LogP contribution in [0, 0.1) is 3.57 Å². The van der Waals surface area contributed by atoms with Crippen molar-refractivity contribution < 1.29 is 0 Å². The molecule has 1 saturated carbocycles. The second-order valence-corrected chi connectivity index (χ2v) is 5.35. The Morgan fingerprint density at radius 2 is 1.86 bits per heavy atom. The third kappa shape index (κ3) is 2.22. The van der Waals surface area contributed by atoms with Gasteiger partial charge in [0.2, 0.25) is 0 Å². The Morgan fingerprint density at radius 1 is 1.14 bits per heavy atom. The summed E-state index contributed by atoms with van der Waals surface area (Å²) in [5, 5.41) is 0. The van der Waals surface area contributed by atoms with Crippen molar-refractivity contribution >= 4 is 28.3 Å². The lowest BCUT2D eigenvalue weighted by Crippen LogP contribution is -2.07. The van der Waals surface area contributed by atoms with Crippen LogP contribution in [-0.2, 0) is 0 Å². The van der Waals surface area contributed by atoms with E-state index in [1.807, 2.05) is 6.07 Å². The molecule has 1 nitrogen and oxygen atoms in total. The minimum Gasteiger partial charge on any atom is -0.398 e. The Hall–Kier alpha value is -0.250. The van der Waals surface area contributed by atoms with Crippen molar-refractivity contribution in [2.75, 3.05) is 5.73 Å². The topological polar surface area (TPSA) is 26.0 Å². The van der Waals surface area contributed by atoms with Crippen LogP contribution in [0.5, 0.6) is 0 Å². The second kappa shape index (κ2) is 4.51. The molecule has 0 amide bonds. The molecule has 0 atom stereocenters. The molecule has 0 radical (unpaired) electrons. The largest absolute Gasteiger partial charge is 0.398 e. The molecule has 2 rings (SSSR count). The highest BCUT2D eigenvalue weighted by atomic mass is 127. The minimum atomic E-state index is 0.721. The molecule has 0 heterocycles. The molecule has 14 heavy (non-hydrogen) atoms. The summed E-state index contributed by atoms with van der Waals surface area (Å²) in [6.07, 6.45) is 6.79. The first-order valence-electron chi connectivity index (χ1n) is 5.32. The van der Waals surface area contributed by atoms with Crippen molar-refractivity contribution in [2.24, 2.45) is 0 Å². The monoisotopic (exact) mass is 301 g/mol. The SMILES string of the molecule is Nc1ccc(I)cc1C1CCCCC1. The molecular weight excluding hydrogens is 285 g/mol. The quantitative estimate of drug-likeness (QED) is 0.617. The number of anilines is 1. The van der Waals surface area contributed by atoms with E-state index in [0.717, 1.165) is 11.6 Å². The van der Waals surface area contributed by atoms with E-state index in [-0.39, 0.29) is 0 Å². The molecule has 1 aliphatic carbocycles. The highest BCUT2D eigenvalue weighted by Gasteiger charge is 2.17. The third-order valence-corrected chi connectivity index (χ3v) is 3.76. The van der Waals surface area contributed by atoms with E-state index in [2.05, 4.69) is 34.7 Å². The van der Waals surface area contributed by atoms with Gasteiger partial charge in [0.1, 0.15) is 0 Å². The van der Waals surface area contributed by atoms with Crippen LogP contribution in [0.4, 0.5) is 5.69 Å². The van der Waals surface area contributed by atoms with Gasteiger partial charge in [0.05, 0.1) is 0 Å². The fourth-order valence-corrected chi connectivity index (χ4v) is 2.83. The summed E-state index contributed by atoms with van der Waals surface area (Å²) in [7, 11) is 0. The van der Waals surface area contributed by atoms with E-state index >= 15 is 0 Å². The van der Waals surface area contributed by atoms with Gasteiger partial charge in [-0.2, -0.15) is 0 Å². The number of halogens is 1. The Morgan fingerprint density at radius 3 is 2.57 bits per heavy atom. The Labute approximate surface area is 99.2 Å². The van der Waals surface area contributed by atoms with Crippen LogP contribution >= 0.6 is 22.6 Å². The molecule has 2 N–H and O–H groups in total. The first-order chi connectivity index (χ1) is 6.77. The van der Waals surface area contributed by atoms with Crippen LogP contribution in [0.1, 0.15) is 43.6 Å². The predicted octanol–water partition coefficient (Wildman–Crippen LogP) is 3.92. The maximum absolute atomic E-state index is 6.02. The lowest BCUT2D eigenvalue weighted by Gasteiger charge is -2.23. The van der Waals surface area contributed by atoms with Crippen LogP contribution in [0.2, 0.25) is 0 Å². The summed E-state index contributed by atoms with van der Waals surface area (Å²) in [6, 6.07) is 6.39. The summed E-state index contributed by atoms with van der Waals surface area (Å²) >= 11 is 2.36. The summed E-state index contributed by atoms with van der Waals surface area (Å²) in [4.78, 5) is 0. The fourth-order valence-electron chi connectivity index (χ4n) is 2.31. The van der Waals surface area contributed by atoms with Crippen molar-refractivity contribution in [2.45, 2.75) is 38.0 Å². The number of benzene rings is 1. The van der Waals surface area contributed by atoms with Gasteiger partial charge >= 0.3 is 0 Å². The number of nitrogen functional groups attached to an aromatic ring is 1. The molecule has 0 unspecified atom stereocenters. The number of hydrogen-bond donors (Lipinski definition) is 1. The maximum atomic E-state index is 6.02. The van der Waals surface area contributed by atoms with Crippen LogP contribution in [0.15, 0.2) is 18.2 Å². The first kappa shape index (κ1) is 10.3. The minimum absolute atomic E-state index is 0.721. The Kier molecular flexibility index (Phi) is 3.31. The van der Waals surface area contributed by atoms with Crippen molar-refractivity contribution in [1.82, 2.24) is 0 Å². The smallest absolute Gasteiger partial charge is 0.0350 e. The van der Waals surface area contributed by atoms with Crippen LogP contribution in [0.25, 0.3) is 0 Å². The van der Waals surface area contributed by atoms with Crippen LogP contribution in [0.3, 0.4) is 0 Å². The average Bonchev–Trinajstić information content (AvgIpc) is 2.23. The van der Waals surface area contributed by atoms with E-state index in [1.165, 1.54) is 41.2 Å². The molecule has 76 valence electrons. The standard InChI is InChI=1S/C12H16IN/c13-10-6-7-12(14)11(8-10)9-4-2-1-3-5-9/h6-9H,1-5,14H2. The molecule has 0 aromatic heterocycles. The molecule has 1 aromatic carbocycles. The van der Waals surface area contributed by atoms with Crippen molar-refractivity contribution in [1.29, 1.82) is 0 Å². The Balaban J connectivity index is 2.24. The summed E-state index contributed by atoms with van der Waals surface area (Å²) < 4.78 is 1.30. The number of rotatable bonds is 1. The molecular formula is C12H16IN. The van der Waals surface area contributed by atoms with Gasteiger partial charge in [-0.25, -0.2) is 0 Å². The van der Waals surface area contributed by atoms with E-state index < -0.39 is 0 Å². The molecule has 2 heteroatoms. The molecule has 1 fully saturated rings. The van der Waals surface area contributed by atoms with Gasteiger partial charge in [0.25, 0.3) is 0 Å². The van der Waals surface area contributed by atoms with E-state index in [9.17, 15) is 0 Å². The van der Waals surface area contributed by atoms with Crippen molar-refractivity contribution in [3.8, 4) is 0 Å². The van der Waals surface area contributed by atoms with Crippen LogP contribution in [-0.4, -0.2) is 0 Å². The predicted molar refractivity (Wildman–Crippen MR) is 69.4 cm³/mol. The van der Waals surface area contributed by atoms with Gasteiger partial charge < -0.3 is 5.73 Å². The summed E-state index contributed by atoms with van der Waals surface area (Å²) in [6.45, 7) is 0. The second-order valence-electron chi connectivity index (χ2n) is 4.11. The van der Waals surface area contributed by atoms with Crippen molar-refractivity contribution in [3.63, 3.8) is 0 Å². The molecule has 0 saturated heterocycles. The molecule has 1 aliphatic rings. The summed E-state index contributed by atoms with van der Waals surface area (Å²) in [5.41, 5.74) is 8.39. The highest BCUT2D eigenvalue weighted by molar-refractivity contribution is 14.1. The molecule has 0 spiro atoms. The van der Waals surface area contributed by atoms with Gasteiger partial charge in [-0.3, -0.25) is 0 Å². The molecule has 1 aromatic rings. The number of hydrogen-bond acceptors (Lipinski definition) is 1. The maximum Gasteiger partial charge on any atom is 0.0350 e. The van der Waals surface area contributed by atoms with Crippen LogP contribution < -0.4 is 5.73 Å².